The second kappa shape index (κ2) is 9.66. The molecule has 0 saturated carbocycles. The molecule has 1 aromatic heterocycles. The van der Waals surface area contributed by atoms with Crippen molar-refractivity contribution in [1.29, 1.82) is 0 Å². The number of anilines is 3. The molecule has 1 aromatic rings. The number of hydrogen-bond donors (Lipinski definition) is 3. The Labute approximate surface area is 118 Å². The Bertz CT molecular complexity index is 231. The first-order valence-corrected chi connectivity index (χ1v) is 12.9. The van der Waals surface area contributed by atoms with E-state index >= 15 is 0 Å². The van der Waals surface area contributed by atoms with Gasteiger partial charge in [0.05, 0.1) is 0 Å². The maximum absolute atomic E-state index is 4.03. The molecule has 0 bridgehead atoms. The van der Waals surface area contributed by atoms with Gasteiger partial charge in [-0.1, -0.05) is 0 Å². The normalized spacial score (nSPS) is 8.33. The summed E-state index contributed by atoms with van der Waals surface area (Å²) in [6.07, 6.45) is 0. The van der Waals surface area contributed by atoms with Crippen molar-refractivity contribution in [3.8, 4) is 0 Å². The van der Waals surface area contributed by atoms with Crippen molar-refractivity contribution in [3.63, 3.8) is 0 Å². The molecule has 0 aliphatic heterocycles. The van der Waals surface area contributed by atoms with Crippen LogP contribution in [0.1, 0.15) is 0 Å². The quantitative estimate of drug-likeness (QED) is 0.582. The van der Waals surface area contributed by atoms with E-state index in [0.29, 0.717) is 27.3 Å². The van der Waals surface area contributed by atoms with Gasteiger partial charge in [-0.15, -0.1) is 0 Å². The van der Waals surface area contributed by atoms with E-state index in [-0.39, 0.29) is 0 Å². The molecule has 1 heterocycles. The summed E-state index contributed by atoms with van der Waals surface area (Å²) in [6.45, 7) is 0. The Morgan fingerprint density at radius 2 is 1.00 bits per heavy atom. The van der Waals surface area contributed by atoms with Crippen LogP contribution < -0.4 is 16.0 Å². The molecular weight excluding hydrogens is 461 g/mol. The summed E-state index contributed by atoms with van der Waals surface area (Å²) >= 11 is 4.74. The summed E-state index contributed by atoms with van der Waals surface area (Å²) in [5.74, 6) is 1.62. The molecule has 15 heavy (non-hydrogen) atoms. The molecule has 0 aliphatic rings. The molecule has 1 rings (SSSR count). The van der Waals surface area contributed by atoms with Gasteiger partial charge in [0, 0.05) is 21.1 Å². The second-order valence-electron chi connectivity index (χ2n) is 2.12. The zero-order valence-corrected chi connectivity index (χ0v) is 14.3. The first-order valence-electron chi connectivity index (χ1n) is 3.93. The number of nitrogens with zero attached hydrogens (tertiary/aromatic N) is 3. The van der Waals surface area contributed by atoms with Gasteiger partial charge in [0.15, 0.2) is 0 Å². The SMILES string of the molecule is CNc1nc(NC)nc(NC)n1.[I][V][I]. The molecular formula is C6H12I2N6V. The molecule has 3 N–H and O–H groups in total. The maximum atomic E-state index is 4.03. The molecule has 0 fully saturated rings. The third-order valence-electron chi connectivity index (χ3n) is 1.31. The standard InChI is InChI=1S/C6H12N6.2HI.V/c1-7-4-10-5(8-2)12-6(9-3)11-4;;;/h1-3H3,(H3,7,8,9,10,11,12);2*1H;/q;;;+2/p-2. The third-order valence-corrected chi connectivity index (χ3v) is 1.31. The van der Waals surface area contributed by atoms with Crippen molar-refractivity contribution >= 4 is 57.8 Å². The van der Waals surface area contributed by atoms with Crippen molar-refractivity contribution < 1.29 is 9.47 Å². The van der Waals surface area contributed by atoms with Gasteiger partial charge in [0.2, 0.25) is 17.8 Å². The summed E-state index contributed by atoms with van der Waals surface area (Å²) in [7, 11) is 5.90. The molecule has 0 amide bonds. The number of halogens is 2. The second-order valence-corrected chi connectivity index (χ2v) is 13.9. The number of rotatable bonds is 3. The molecule has 0 radical (unpaired) electrons. The number of aromatic nitrogens is 3. The van der Waals surface area contributed by atoms with Gasteiger partial charge in [-0.05, 0) is 0 Å². The molecule has 0 aliphatic carbocycles. The van der Waals surface area contributed by atoms with E-state index in [2.05, 4.69) is 70.9 Å². The average molecular weight is 473 g/mol. The van der Waals surface area contributed by atoms with E-state index < -0.39 is 0 Å². The van der Waals surface area contributed by atoms with Crippen LogP contribution in [0.25, 0.3) is 0 Å². The average Bonchev–Trinajstić information content (AvgIpc) is 2.29. The van der Waals surface area contributed by atoms with Crippen LogP contribution in [0.5, 0.6) is 0 Å². The molecule has 0 atom stereocenters. The van der Waals surface area contributed by atoms with Gasteiger partial charge >= 0.3 is 49.4 Å². The van der Waals surface area contributed by atoms with Crippen LogP contribution in [0.2, 0.25) is 0 Å². The first-order chi connectivity index (χ1) is 7.21. The van der Waals surface area contributed by atoms with Crippen LogP contribution in [-0.4, -0.2) is 36.1 Å². The van der Waals surface area contributed by atoms with Crippen LogP contribution in [0.3, 0.4) is 0 Å². The van der Waals surface area contributed by atoms with Crippen molar-refractivity contribution in [1.82, 2.24) is 15.0 Å². The van der Waals surface area contributed by atoms with E-state index in [1.807, 2.05) is 0 Å². The minimum absolute atomic E-state index is 0.540. The van der Waals surface area contributed by atoms with Crippen LogP contribution >= 0.6 is 40.0 Å². The van der Waals surface area contributed by atoms with Crippen LogP contribution in [0, 0.1) is 0 Å². The summed E-state index contributed by atoms with van der Waals surface area (Å²) in [5.41, 5.74) is 0. The zero-order valence-electron chi connectivity index (χ0n) is 8.54. The van der Waals surface area contributed by atoms with Crippen molar-refractivity contribution in [3.05, 3.63) is 0 Å². The number of nitrogens with one attached hydrogen (secondary N) is 3. The van der Waals surface area contributed by atoms with Gasteiger partial charge < -0.3 is 16.0 Å². The fourth-order valence-corrected chi connectivity index (χ4v) is 0.711. The van der Waals surface area contributed by atoms with Gasteiger partial charge in [0.25, 0.3) is 0 Å². The van der Waals surface area contributed by atoms with E-state index in [1.165, 1.54) is 0 Å². The van der Waals surface area contributed by atoms with Crippen molar-refractivity contribution in [2.24, 2.45) is 0 Å². The van der Waals surface area contributed by atoms with E-state index in [4.69, 9.17) is 0 Å². The van der Waals surface area contributed by atoms with Crippen molar-refractivity contribution in [2.45, 2.75) is 0 Å². The van der Waals surface area contributed by atoms with Crippen LogP contribution in [0.15, 0.2) is 0 Å². The molecule has 0 aromatic carbocycles. The fraction of sp³-hybridized carbons (Fsp3) is 0.500. The van der Waals surface area contributed by atoms with E-state index in [9.17, 15) is 0 Å². The predicted molar refractivity (Wildman–Crippen MR) is 76.5 cm³/mol. The molecule has 0 spiro atoms. The Hall–Kier alpha value is 0.454. The Balaban J connectivity index is 0.000000583. The Morgan fingerprint density at radius 1 is 0.800 bits per heavy atom. The van der Waals surface area contributed by atoms with Crippen molar-refractivity contribution in [2.75, 3.05) is 37.1 Å². The van der Waals surface area contributed by atoms with Gasteiger partial charge in [-0.25, -0.2) is 0 Å². The molecule has 9 heteroatoms. The molecule has 85 valence electrons. The predicted octanol–water partition coefficient (Wildman–Crippen LogP) is 1.77. The monoisotopic (exact) mass is 473 g/mol. The Kier molecular flexibility index (Phi) is 9.96. The van der Waals surface area contributed by atoms with Gasteiger partial charge in [-0.2, -0.15) is 15.0 Å². The fourth-order valence-electron chi connectivity index (χ4n) is 0.711. The minimum atomic E-state index is 0.540. The molecule has 0 unspecified atom stereocenters. The van der Waals surface area contributed by atoms with E-state index in [1.54, 1.807) is 21.1 Å². The topological polar surface area (TPSA) is 74.8 Å². The summed E-state index contributed by atoms with van der Waals surface area (Å²) in [5, 5.41) is 8.50. The summed E-state index contributed by atoms with van der Waals surface area (Å²) in [6, 6.07) is 0. The van der Waals surface area contributed by atoms with Gasteiger partial charge in [-0.3, -0.25) is 0 Å². The summed E-state index contributed by atoms with van der Waals surface area (Å²) in [4.78, 5) is 12.1. The first kappa shape index (κ1) is 15.5. The van der Waals surface area contributed by atoms with E-state index in [0.717, 1.165) is 0 Å². The van der Waals surface area contributed by atoms with Crippen LogP contribution in [-0.2, 0) is 9.47 Å². The zero-order chi connectivity index (χ0) is 11.7. The Morgan fingerprint density at radius 3 is 1.13 bits per heavy atom. The molecule has 0 saturated heterocycles. The summed E-state index contributed by atoms with van der Waals surface area (Å²) < 4.78 is 0. The van der Waals surface area contributed by atoms with Crippen LogP contribution in [0.4, 0.5) is 17.8 Å². The number of hydrogen-bond acceptors (Lipinski definition) is 6. The van der Waals surface area contributed by atoms with Gasteiger partial charge in [0.1, 0.15) is 0 Å². The molecule has 6 nitrogen and oxygen atoms in total. The third kappa shape index (κ3) is 6.58.